The average molecular weight is 249 g/mol. The number of terminal acetylenes is 1. The smallest absolute Gasteiger partial charge is 0.127 e. The molecular formula is C17H15NO. The molecule has 2 nitrogen and oxygen atoms in total. The van der Waals surface area contributed by atoms with Crippen molar-refractivity contribution in [3.05, 3.63) is 58.7 Å². The molecule has 0 unspecified atom stereocenters. The number of rotatable bonds is 2. The van der Waals surface area contributed by atoms with E-state index in [1.165, 1.54) is 0 Å². The SMILES string of the molecule is C#Cc1cccc(/N=C/c2cc(C)cc(C)c2O)c1. The van der Waals surface area contributed by atoms with Gasteiger partial charge in [0.15, 0.2) is 0 Å². The van der Waals surface area contributed by atoms with Crippen molar-refractivity contribution in [1.29, 1.82) is 0 Å². The van der Waals surface area contributed by atoms with E-state index in [9.17, 15) is 5.11 Å². The monoisotopic (exact) mass is 249 g/mol. The van der Waals surface area contributed by atoms with Gasteiger partial charge in [-0.1, -0.05) is 18.1 Å². The van der Waals surface area contributed by atoms with Gasteiger partial charge in [0.2, 0.25) is 0 Å². The fourth-order valence-corrected chi connectivity index (χ4v) is 1.91. The number of nitrogens with zero attached hydrogens (tertiary/aromatic N) is 1. The number of hydrogen-bond acceptors (Lipinski definition) is 2. The summed E-state index contributed by atoms with van der Waals surface area (Å²) in [5.41, 5.74) is 4.21. The highest BCUT2D eigenvalue weighted by Gasteiger charge is 2.03. The van der Waals surface area contributed by atoms with Crippen LogP contribution in [0.3, 0.4) is 0 Å². The summed E-state index contributed by atoms with van der Waals surface area (Å²) in [6, 6.07) is 11.3. The molecule has 94 valence electrons. The molecule has 0 aliphatic heterocycles. The van der Waals surface area contributed by atoms with Gasteiger partial charge in [0, 0.05) is 17.3 Å². The molecule has 0 bridgehead atoms. The van der Waals surface area contributed by atoms with Crippen molar-refractivity contribution in [2.24, 2.45) is 4.99 Å². The number of aromatic hydroxyl groups is 1. The lowest BCUT2D eigenvalue weighted by molar-refractivity contribution is 0.470. The summed E-state index contributed by atoms with van der Waals surface area (Å²) < 4.78 is 0. The van der Waals surface area contributed by atoms with Crippen LogP contribution in [0.5, 0.6) is 5.75 Å². The van der Waals surface area contributed by atoms with Gasteiger partial charge in [-0.3, -0.25) is 4.99 Å². The largest absolute Gasteiger partial charge is 0.507 e. The number of aliphatic imine (C=N–C) groups is 1. The normalized spacial score (nSPS) is 10.6. The lowest BCUT2D eigenvalue weighted by Crippen LogP contribution is -1.88. The topological polar surface area (TPSA) is 32.6 Å². The Labute approximate surface area is 113 Å². The quantitative estimate of drug-likeness (QED) is 0.638. The van der Waals surface area contributed by atoms with Gasteiger partial charge in [0.05, 0.1) is 5.69 Å². The fourth-order valence-electron chi connectivity index (χ4n) is 1.91. The number of phenols is 1. The number of aryl methyl sites for hydroxylation is 2. The minimum Gasteiger partial charge on any atom is -0.507 e. The van der Waals surface area contributed by atoms with Crippen molar-refractivity contribution < 1.29 is 5.11 Å². The summed E-state index contributed by atoms with van der Waals surface area (Å²) in [5, 5.41) is 9.98. The summed E-state index contributed by atoms with van der Waals surface area (Å²) in [4.78, 5) is 4.35. The molecule has 0 amide bonds. The molecule has 0 saturated heterocycles. The number of hydrogen-bond donors (Lipinski definition) is 1. The van der Waals surface area contributed by atoms with E-state index in [0.29, 0.717) is 5.56 Å². The van der Waals surface area contributed by atoms with E-state index >= 15 is 0 Å². The van der Waals surface area contributed by atoms with Crippen LogP contribution in [-0.4, -0.2) is 11.3 Å². The second kappa shape index (κ2) is 5.41. The van der Waals surface area contributed by atoms with Crippen molar-refractivity contribution in [2.75, 3.05) is 0 Å². The van der Waals surface area contributed by atoms with Crippen LogP contribution in [0.1, 0.15) is 22.3 Å². The Hall–Kier alpha value is -2.53. The van der Waals surface area contributed by atoms with Crippen molar-refractivity contribution in [3.63, 3.8) is 0 Å². The van der Waals surface area contributed by atoms with Gasteiger partial charge < -0.3 is 5.11 Å². The molecular weight excluding hydrogens is 234 g/mol. The highest BCUT2D eigenvalue weighted by atomic mass is 16.3. The number of phenolic OH excluding ortho intramolecular Hbond substituents is 1. The summed E-state index contributed by atoms with van der Waals surface area (Å²) in [5.74, 6) is 2.84. The maximum absolute atomic E-state index is 9.98. The van der Waals surface area contributed by atoms with Crippen LogP contribution in [0.2, 0.25) is 0 Å². The first-order valence-corrected chi connectivity index (χ1v) is 6.01. The Kier molecular flexibility index (Phi) is 3.68. The third-order valence-electron chi connectivity index (χ3n) is 2.84. The molecule has 2 heteroatoms. The molecule has 0 saturated carbocycles. The average Bonchev–Trinajstić information content (AvgIpc) is 2.41. The van der Waals surface area contributed by atoms with Gasteiger partial charge in [0.25, 0.3) is 0 Å². The van der Waals surface area contributed by atoms with Gasteiger partial charge in [0.1, 0.15) is 5.75 Å². The summed E-state index contributed by atoms with van der Waals surface area (Å²) in [7, 11) is 0. The molecule has 2 aromatic rings. The summed E-state index contributed by atoms with van der Waals surface area (Å²) >= 11 is 0. The predicted molar refractivity (Wildman–Crippen MR) is 79.2 cm³/mol. The van der Waals surface area contributed by atoms with Crippen molar-refractivity contribution in [3.8, 4) is 18.1 Å². The molecule has 2 aromatic carbocycles. The third-order valence-corrected chi connectivity index (χ3v) is 2.84. The Morgan fingerprint density at radius 1 is 1.21 bits per heavy atom. The van der Waals surface area contributed by atoms with Crippen LogP contribution in [0.15, 0.2) is 41.4 Å². The third kappa shape index (κ3) is 3.02. The molecule has 1 N–H and O–H groups in total. The van der Waals surface area contributed by atoms with Crippen LogP contribution < -0.4 is 0 Å². The van der Waals surface area contributed by atoms with E-state index in [2.05, 4.69) is 10.9 Å². The molecule has 0 aliphatic rings. The van der Waals surface area contributed by atoms with Crippen LogP contribution in [0.25, 0.3) is 0 Å². The maximum atomic E-state index is 9.98. The molecule has 2 rings (SSSR count). The van der Waals surface area contributed by atoms with Crippen LogP contribution in [0, 0.1) is 26.2 Å². The highest BCUT2D eigenvalue weighted by molar-refractivity contribution is 5.86. The van der Waals surface area contributed by atoms with Crippen LogP contribution in [0.4, 0.5) is 5.69 Å². The first-order valence-electron chi connectivity index (χ1n) is 6.01. The molecule has 0 aromatic heterocycles. The lowest BCUT2D eigenvalue weighted by Gasteiger charge is -2.04. The number of benzene rings is 2. The lowest BCUT2D eigenvalue weighted by atomic mass is 10.1. The van der Waals surface area contributed by atoms with Gasteiger partial charge in [-0.25, -0.2) is 0 Å². The van der Waals surface area contributed by atoms with Gasteiger partial charge in [-0.2, -0.15) is 0 Å². The molecule has 19 heavy (non-hydrogen) atoms. The van der Waals surface area contributed by atoms with Gasteiger partial charge >= 0.3 is 0 Å². The Bertz CT molecular complexity index is 678. The zero-order valence-corrected chi connectivity index (χ0v) is 11.0. The predicted octanol–water partition coefficient (Wildman–Crippen LogP) is 3.74. The van der Waals surface area contributed by atoms with Gasteiger partial charge in [-0.15, -0.1) is 6.42 Å². The molecule has 0 aliphatic carbocycles. The Balaban J connectivity index is 2.35. The second-order valence-electron chi connectivity index (χ2n) is 4.47. The van der Waals surface area contributed by atoms with Crippen molar-refractivity contribution in [1.82, 2.24) is 0 Å². The van der Waals surface area contributed by atoms with E-state index in [0.717, 1.165) is 22.4 Å². The first kappa shape index (κ1) is 12.9. The zero-order valence-electron chi connectivity index (χ0n) is 11.0. The van der Waals surface area contributed by atoms with E-state index in [-0.39, 0.29) is 5.75 Å². The highest BCUT2D eigenvalue weighted by Crippen LogP contribution is 2.23. The van der Waals surface area contributed by atoms with Gasteiger partial charge in [-0.05, 0) is 49.2 Å². The molecule has 0 spiro atoms. The summed E-state index contributed by atoms with van der Waals surface area (Å²) in [6.45, 7) is 3.86. The minimum absolute atomic E-state index is 0.266. The molecule has 0 radical (unpaired) electrons. The first-order chi connectivity index (χ1) is 9.10. The van der Waals surface area contributed by atoms with Crippen molar-refractivity contribution in [2.45, 2.75) is 13.8 Å². The van der Waals surface area contributed by atoms with Crippen molar-refractivity contribution >= 4 is 11.9 Å². The van der Waals surface area contributed by atoms with E-state index in [1.54, 1.807) is 6.21 Å². The zero-order chi connectivity index (χ0) is 13.8. The Morgan fingerprint density at radius 3 is 2.74 bits per heavy atom. The van der Waals surface area contributed by atoms with E-state index in [1.807, 2.05) is 50.2 Å². The van der Waals surface area contributed by atoms with Crippen LogP contribution >= 0.6 is 0 Å². The second-order valence-corrected chi connectivity index (χ2v) is 4.47. The molecule has 0 heterocycles. The minimum atomic E-state index is 0.266. The van der Waals surface area contributed by atoms with E-state index in [4.69, 9.17) is 6.42 Å². The van der Waals surface area contributed by atoms with E-state index < -0.39 is 0 Å². The molecule has 0 fully saturated rings. The standard InChI is InChI=1S/C17H15NO/c1-4-14-6-5-7-16(10-14)18-11-15-9-12(2)8-13(3)17(15)19/h1,5-11,19H,2-3H3/b18-11+. The summed E-state index contributed by atoms with van der Waals surface area (Å²) in [6.07, 6.45) is 7.01. The fraction of sp³-hybridized carbons (Fsp3) is 0.118. The maximum Gasteiger partial charge on any atom is 0.127 e. The Morgan fingerprint density at radius 2 is 2.00 bits per heavy atom. The van der Waals surface area contributed by atoms with Crippen LogP contribution in [-0.2, 0) is 0 Å². The molecule has 0 atom stereocenters.